The summed E-state index contributed by atoms with van der Waals surface area (Å²) in [5.41, 5.74) is 2.76. The second-order valence-electron chi connectivity index (χ2n) is 3.47. The van der Waals surface area contributed by atoms with E-state index in [0.29, 0.717) is 0 Å². The van der Waals surface area contributed by atoms with E-state index in [1.165, 1.54) is 11.1 Å². The number of rotatable bonds is 1. The van der Waals surface area contributed by atoms with Gasteiger partial charge in [0.05, 0.1) is 0 Å². The van der Waals surface area contributed by atoms with E-state index in [9.17, 15) is 0 Å². The van der Waals surface area contributed by atoms with Crippen LogP contribution in [-0.4, -0.2) is 0 Å². The summed E-state index contributed by atoms with van der Waals surface area (Å²) in [4.78, 5) is 0. The molecule has 0 bridgehead atoms. The minimum atomic E-state index is 1.06. The fourth-order valence-electron chi connectivity index (χ4n) is 1.52. The van der Waals surface area contributed by atoms with E-state index in [0.717, 1.165) is 12.8 Å². The van der Waals surface area contributed by atoms with Gasteiger partial charge in [-0.2, -0.15) is 0 Å². The molecule has 14 heavy (non-hydrogen) atoms. The molecule has 0 saturated carbocycles. The Morgan fingerprint density at radius 2 is 1.21 bits per heavy atom. The lowest BCUT2D eigenvalue weighted by atomic mass is 10.0. The molecule has 0 heteroatoms. The van der Waals surface area contributed by atoms with Gasteiger partial charge in [0.15, 0.2) is 0 Å². The zero-order chi connectivity index (χ0) is 9.64. The Balaban J connectivity index is 2.04. The van der Waals surface area contributed by atoms with Crippen LogP contribution in [0.1, 0.15) is 12.8 Å². The first kappa shape index (κ1) is 9.01. The highest BCUT2D eigenvalue weighted by Crippen LogP contribution is 2.14. The minimum absolute atomic E-state index is 1.06. The van der Waals surface area contributed by atoms with Crippen LogP contribution in [0, 0.1) is 0 Å². The lowest BCUT2D eigenvalue weighted by Gasteiger charge is -2.02. The Morgan fingerprint density at radius 3 is 1.57 bits per heavy atom. The molecule has 0 aromatic heterocycles. The molecule has 0 unspecified atom stereocenters. The van der Waals surface area contributed by atoms with Crippen LogP contribution in [0.3, 0.4) is 0 Å². The van der Waals surface area contributed by atoms with Gasteiger partial charge in [-0.05, 0) is 24.0 Å². The quantitative estimate of drug-likeness (QED) is 0.577. The van der Waals surface area contributed by atoms with Crippen molar-refractivity contribution in [1.82, 2.24) is 0 Å². The van der Waals surface area contributed by atoms with Gasteiger partial charge in [0.25, 0.3) is 0 Å². The van der Waals surface area contributed by atoms with E-state index in [2.05, 4.69) is 60.8 Å². The lowest BCUT2D eigenvalue weighted by molar-refractivity contribution is 1.24. The molecule has 0 atom stereocenters. The molecule has 2 rings (SSSR count). The van der Waals surface area contributed by atoms with Crippen molar-refractivity contribution in [2.45, 2.75) is 12.8 Å². The van der Waals surface area contributed by atoms with Crippen molar-refractivity contribution < 1.29 is 0 Å². The molecule has 2 aliphatic rings. The molecule has 0 nitrogen and oxygen atoms in total. The number of hydrogen-bond donors (Lipinski definition) is 0. The molecule has 0 fully saturated rings. The molecule has 70 valence electrons. The summed E-state index contributed by atoms with van der Waals surface area (Å²) in [6.45, 7) is 0. The van der Waals surface area contributed by atoms with Gasteiger partial charge >= 0.3 is 0 Å². The van der Waals surface area contributed by atoms with Crippen molar-refractivity contribution in [2.75, 3.05) is 0 Å². The second kappa shape index (κ2) is 4.61. The van der Waals surface area contributed by atoms with Crippen LogP contribution in [0.2, 0.25) is 0 Å². The largest absolute Gasteiger partial charge is 0.0801 e. The first-order valence-electron chi connectivity index (χ1n) is 5.01. The van der Waals surface area contributed by atoms with Gasteiger partial charge in [-0.3, -0.25) is 0 Å². The summed E-state index contributed by atoms with van der Waals surface area (Å²) in [6.07, 6.45) is 23.6. The summed E-state index contributed by atoms with van der Waals surface area (Å²) >= 11 is 0. The maximum atomic E-state index is 2.21. The van der Waals surface area contributed by atoms with Crippen LogP contribution >= 0.6 is 0 Å². The summed E-state index contributed by atoms with van der Waals surface area (Å²) < 4.78 is 0. The van der Waals surface area contributed by atoms with E-state index < -0.39 is 0 Å². The van der Waals surface area contributed by atoms with Crippen LogP contribution in [0.15, 0.2) is 71.9 Å². The molecule has 0 heterocycles. The molecule has 2 aliphatic carbocycles. The third kappa shape index (κ3) is 2.46. The minimum Gasteiger partial charge on any atom is -0.0801 e. The molecule has 0 N–H and O–H groups in total. The summed E-state index contributed by atoms with van der Waals surface area (Å²) in [6, 6.07) is 0. The van der Waals surface area contributed by atoms with E-state index in [1.54, 1.807) is 0 Å². The topological polar surface area (TPSA) is 0 Å². The molecule has 0 amide bonds. The van der Waals surface area contributed by atoms with Gasteiger partial charge in [0.2, 0.25) is 0 Å². The van der Waals surface area contributed by atoms with Crippen LogP contribution in [0.5, 0.6) is 0 Å². The average molecular weight is 182 g/mol. The molecular weight excluding hydrogens is 168 g/mol. The van der Waals surface area contributed by atoms with Crippen LogP contribution < -0.4 is 0 Å². The molecule has 0 aromatic rings. The zero-order valence-electron chi connectivity index (χ0n) is 8.19. The fourth-order valence-corrected chi connectivity index (χ4v) is 1.52. The van der Waals surface area contributed by atoms with E-state index >= 15 is 0 Å². The number of allylic oxidation sites excluding steroid dienone is 12. The van der Waals surface area contributed by atoms with E-state index in [1.807, 2.05) is 0 Å². The van der Waals surface area contributed by atoms with Gasteiger partial charge in [-0.1, -0.05) is 60.8 Å². The summed E-state index contributed by atoms with van der Waals surface area (Å²) in [7, 11) is 0. The predicted molar refractivity (Wildman–Crippen MR) is 62.0 cm³/mol. The fraction of sp³-hybridized carbons (Fsp3) is 0.143. The normalized spacial score (nSPS) is 25.1. The predicted octanol–water partition coefficient (Wildman–Crippen LogP) is 3.87. The smallest absolute Gasteiger partial charge is 0.00943 e. The van der Waals surface area contributed by atoms with Crippen LogP contribution in [-0.2, 0) is 0 Å². The van der Waals surface area contributed by atoms with Crippen LogP contribution in [0.4, 0.5) is 0 Å². The Kier molecular flexibility index (Phi) is 2.97. The molecule has 0 spiro atoms. The van der Waals surface area contributed by atoms with Gasteiger partial charge in [0, 0.05) is 0 Å². The first-order valence-corrected chi connectivity index (χ1v) is 5.01. The first-order chi connectivity index (χ1) is 6.95. The highest BCUT2D eigenvalue weighted by atomic mass is 14.0. The maximum absolute atomic E-state index is 2.21. The highest BCUT2D eigenvalue weighted by Gasteiger charge is 1.94. The van der Waals surface area contributed by atoms with Gasteiger partial charge in [-0.25, -0.2) is 0 Å². The Bertz CT molecular complexity index is 333. The number of hydrogen-bond acceptors (Lipinski definition) is 0. The molecular formula is C14H14. The van der Waals surface area contributed by atoms with Crippen LogP contribution in [0.25, 0.3) is 0 Å². The summed E-state index contributed by atoms with van der Waals surface area (Å²) in [5.74, 6) is 0. The molecule has 0 saturated heterocycles. The standard InChI is InChI=1S/C14H14/c1-3-7-13(8-4-1)11-12-14-9-5-2-6-10-14/h1-7,9,11-12H,8,10H2/b13-11-,14-12-. The molecule has 0 aliphatic heterocycles. The Labute approximate surface area is 85.3 Å². The monoisotopic (exact) mass is 182 g/mol. The van der Waals surface area contributed by atoms with Crippen molar-refractivity contribution in [3.63, 3.8) is 0 Å². The van der Waals surface area contributed by atoms with E-state index in [-0.39, 0.29) is 0 Å². The zero-order valence-corrected chi connectivity index (χ0v) is 8.19. The van der Waals surface area contributed by atoms with Gasteiger partial charge < -0.3 is 0 Å². The average Bonchev–Trinajstić information content (AvgIpc) is 2.29. The van der Waals surface area contributed by atoms with Crippen molar-refractivity contribution >= 4 is 0 Å². The van der Waals surface area contributed by atoms with Gasteiger partial charge in [-0.15, -0.1) is 0 Å². The third-order valence-corrected chi connectivity index (χ3v) is 2.33. The molecule has 0 aromatic carbocycles. The van der Waals surface area contributed by atoms with Crippen molar-refractivity contribution in [3.8, 4) is 0 Å². The maximum Gasteiger partial charge on any atom is -0.00943 e. The third-order valence-electron chi connectivity index (χ3n) is 2.33. The van der Waals surface area contributed by atoms with Crippen molar-refractivity contribution in [2.24, 2.45) is 0 Å². The highest BCUT2D eigenvalue weighted by molar-refractivity contribution is 5.37. The van der Waals surface area contributed by atoms with Crippen molar-refractivity contribution in [1.29, 1.82) is 0 Å². The molecule has 0 radical (unpaired) electrons. The van der Waals surface area contributed by atoms with Crippen molar-refractivity contribution in [3.05, 3.63) is 71.9 Å². The Hall–Kier alpha value is -1.56. The van der Waals surface area contributed by atoms with E-state index in [4.69, 9.17) is 0 Å². The van der Waals surface area contributed by atoms with Gasteiger partial charge in [0.1, 0.15) is 0 Å². The second-order valence-corrected chi connectivity index (χ2v) is 3.47. The lowest BCUT2D eigenvalue weighted by Crippen LogP contribution is -1.82. The SMILES string of the molecule is C1=CC/C(=C\C=C2\C=CC=CC2)C=C1. The summed E-state index contributed by atoms with van der Waals surface area (Å²) in [5, 5.41) is 0. The Morgan fingerprint density at radius 1 is 0.714 bits per heavy atom.